The van der Waals surface area contributed by atoms with Crippen molar-refractivity contribution in [3.8, 4) is 0 Å². The number of aromatic nitrogens is 4. The number of nitrogens with zero attached hydrogens (tertiary/aromatic N) is 4. The van der Waals surface area contributed by atoms with Crippen LogP contribution in [0.25, 0.3) is 0 Å². The third-order valence-corrected chi connectivity index (χ3v) is 4.85. The Morgan fingerprint density at radius 3 is 2.88 bits per heavy atom. The summed E-state index contributed by atoms with van der Waals surface area (Å²) in [6.07, 6.45) is 4.34. The Morgan fingerprint density at radius 2 is 2.21 bits per heavy atom. The minimum absolute atomic E-state index is 0.0170. The molecule has 0 aliphatic carbocycles. The molecule has 7 nitrogen and oxygen atoms in total. The molecule has 0 aromatic carbocycles. The topological polar surface area (TPSA) is 74.0 Å². The van der Waals surface area contributed by atoms with Gasteiger partial charge in [0.15, 0.2) is 5.82 Å². The van der Waals surface area contributed by atoms with Gasteiger partial charge >= 0.3 is 0 Å². The smallest absolute Gasteiger partial charge is 0.293 e. The Bertz CT molecular complexity index is 780. The lowest BCUT2D eigenvalue weighted by Gasteiger charge is -2.20. The summed E-state index contributed by atoms with van der Waals surface area (Å²) in [5.74, 6) is 0.702. The van der Waals surface area contributed by atoms with E-state index in [9.17, 15) is 4.79 Å². The number of rotatable bonds is 5. The molecule has 1 N–H and O–H groups in total. The molecule has 0 saturated carbocycles. The fourth-order valence-electron chi connectivity index (χ4n) is 3.41. The highest BCUT2D eigenvalue weighted by atomic mass is 16.5. The monoisotopic (exact) mass is 331 g/mol. The molecule has 24 heavy (non-hydrogen) atoms. The largest absolute Gasteiger partial charge is 0.373 e. The van der Waals surface area contributed by atoms with Gasteiger partial charge in [-0.2, -0.15) is 5.10 Å². The van der Waals surface area contributed by atoms with E-state index in [2.05, 4.69) is 22.3 Å². The van der Waals surface area contributed by atoms with Gasteiger partial charge in [0.1, 0.15) is 0 Å². The van der Waals surface area contributed by atoms with E-state index in [1.54, 1.807) is 17.0 Å². The summed E-state index contributed by atoms with van der Waals surface area (Å²) in [5, 5.41) is 7.72. The molecular formula is C17H25N5O2. The molecule has 130 valence electrons. The first-order valence-electron chi connectivity index (χ1n) is 8.44. The van der Waals surface area contributed by atoms with Crippen LogP contribution in [0.3, 0.4) is 0 Å². The van der Waals surface area contributed by atoms with Crippen molar-refractivity contribution in [3.05, 3.63) is 39.7 Å². The number of ether oxygens (including phenoxy) is 1. The van der Waals surface area contributed by atoms with Crippen molar-refractivity contribution in [2.24, 2.45) is 13.0 Å². The van der Waals surface area contributed by atoms with Crippen molar-refractivity contribution in [2.75, 3.05) is 18.5 Å². The average Bonchev–Trinajstić information content (AvgIpc) is 3.11. The first-order chi connectivity index (χ1) is 11.5. The first-order valence-corrected chi connectivity index (χ1v) is 8.44. The molecule has 7 heteroatoms. The fourth-order valence-corrected chi connectivity index (χ4v) is 3.41. The zero-order chi connectivity index (χ0) is 17.3. The summed E-state index contributed by atoms with van der Waals surface area (Å²) in [6.45, 7) is 8.06. The molecule has 1 aliphatic heterocycles. The summed E-state index contributed by atoms with van der Waals surface area (Å²) < 4.78 is 9.54. The van der Waals surface area contributed by atoms with Crippen molar-refractivity contribution in [1.29, 1.82) is 0 Å². The number of aryl methyl sites for hydroxylation is 3. The molecule has 0 radical (unpaired) electrons. The highest BCUT2D eigenvalue weighted by Gasteiger charge is 2.33. The predicted molar refractivity (Wildman–Crippen MR) is 92.1 cm³/mol. The zero-order valence-corrected chi connectivity index (χ0v) is 14.7. The van der Waals surface area contributed by atoms with Crippen molar-refractivity contribution < 1.29 is 4.74 Å². The summed E-state index contributed by atoms with van der Waals surface area (Å²) >= 11 is 0. The molecule has 1 fully saturated rings. The zero-order valence-electron chi connectivity index (χ0n) is 14.7. The van der Waals surface area contributed by atoms with E-state index in [0.29, 0.717) is 24.8 Å². The SMILES string of the molecule is CCn1ccnc(NC[C@H]2CCO[C@@H]2c2c(C)nn(C)c2C)c1=O. The van der Waals surface area contributed by atoms with Crippen LogP contribution in [-0.2, 0) is 18.3 Å². The van der Waals surface area contributed by atoms with Crippen LogP contribution < -0.4 is 10.9 Å². The van der Waals surface area contributed by atoms with E-state index in [-0.39, 0.29) is 11.7 Å². The molecule has 2 aromatic rings. The van der Waals surface area contributed by atoms with Gasteiger partial charge in [0.2, 0.25) is 0 Å². The summed E-state index contributed by atoms with van der Waals surface area (Å²) in [7, 11) is 1.95. The lowest BCUT2D eigenvalue weighted by Crippen LogP contribution is -2.27. The molecule has 1 aliphatic rings. The van der Waals surface area contributed by atoms with Gasteiger partial charge in [-0.3, -0.25) is 9.48 Å². The Balaban J connectivity index is 1.77. The maximum Gasteiger partial charge on any atom is 0.293 e. The first kappa shape index (κ1) is 16.7. The molecule has 3 rings (SSSR count). The molecule has 0 amide bonds. The van der Waals surface area contributed by atoms with E-state index in [0.717, 1.165) is 24.4 Å². The number of anilines is 1. The number of hydrogen-bond acceptors (Lipinski definition) is 5. The molecule has 0 unspecified atom stereocenters. The Labute approximate surface area is 141 Å². The van der Waals surface area contributed by atoms with Gasteiger partial charge in [0, 0.05) is 56.3 Å². The fraction of sp³-hybridized carbons (Fsp3) is 0.588. The van der Waals surface area contributed by atoms with Gasteiger partial charge < -0.3 is 14.6 Å². The van der Waals surface area contributed by atoms with E-state index in [4.69, 9.17) is 4.74 Å². The predicted octanol–water partition coefficient (Wildman–Crippen LogP) is 1.80. The van der Waals surface area contributed by atoms with Gasteiger partial charge in [0.05, 0.1) is 11.8 Å². The van der Waals surface area contributed by atoms with Crippen LogP contribution in [-0.4, -0.2) is 32.5 Å². The highest BCUT2D eigenvalue weighted by molar-refractivity contribution is 5.32. The van der Waals surface area contributed by atoms with Crippen LogP contribution in [0.4, 0.5) is 5.82 Å². The van der Waals surface area contributed by atoms with Gasteiger partial charge in [-0.05, 0) is 27.2 Å². The minimum Gasteiger partial charge on any atom is -0.373 e. The van der Waals surface area contributed by atoms with Crippen molar-refractivity contribution >= 4 is 5.82 Å². The van der Waals surface area contributed by atoms with Gasteiger partial charge in [-0.25, -0.2) is 4.98 Å². The van der Waals surface area contributed by atoms with E-state index in [1.807, 2.05) is 25.6 Å². The van der Waals surface area contributed by atoms with Crippen LogP contribution >= 0.6 is 0 Å². The van der Waals surface area contributed by atoms with Crippen LogP contribution in [0.15, 0.2) is 17.2 Å². The van der Waals surface area contributed by atoms with Gasteiger partial charge in [-0.15, -0.1) is 0 Å². The highest BCUT2D eigenvalue weighted by Crippen LogP contribution is 2.37. The third kappa shape index (κ3) is 2.96. The molecule has 2 aromatic heterocycles. The van der Waals surface area contributed by atoms with Crippen molar-refractivity contribution in [3.63, 3.8) is 0 Å². The van der Waals surface area contributed by atoms with Gasteiger partial charge in [0.25, 0.3) is 5.56 Å². The van der Waals surface area contributed by atoms with Crippen molar-refractivity contribution in [1.82, 2.24) is 19.3 Å². The van der Waals surface area contributed by atoms with Crippen LogP contribution in [0, 0.1) is 19.8 Å². The number of nitrogens with one attached hydrogen (secondary N) is 1. The van der Waals surface area contributed by atoms with E-state index in [1.165, 1.54) is 5.56 Å². The second-order valence-corrected chi connectivity index (χ2v) is 6.30. The van der Waals surface area contributed by atoms with Crippen LogP contribution in [0.2, 0.25) is 0 Å². The second-order valence-electron chi connectivity index (χ2n) is 6.30. The molecule has 3 heterocycles. The Hall–Kier alpha value is -2.15. The maximum atomic E-state index is 12.3. The maximum absolute atomic E-state index is 12.3. The molecule has 0 spiro atoms. The molecule has 2 atom stereocenters. The van der Waals surface area contributed by atoms with Crippen LogP contribution in [0.1, 0.15) is 36.4 Å². The second kappa shape index (κ2) is 6.76. The normalized spacial score (nSPS) is 20.5. The molecule has 1 saturated heterocycles. The summed E-state index contributed by atoms with van der Waals surface area (Å²) in [4.78, 5) is 16.4. The number of hydrogen-bond donors (Lipinski definition) is 1. The minimum atomic E-state index is -0.0794. The Kier molecular flexibility index (Phi) is 4.71. The average molecular weight is 331 g/mol. The van der Waals surface area contributed by atoms with E-state index < -0.39 is 0 Å². The summed E-state index contributed by atoms with van der Waals surface area (Å²) in [6, 6.07) is 0. The summed E-state index contributed by atoms with van der Waals surface area (Å²) in [5.41, 5.74) is 3.24. The molecule has 0 bridgehead atoms. The van der Waals surface area contributed by atoms with Crippen LogP contribution in [0.5, 0.6) is 0 Å². The Morgan fingerprint density at radius 1 is 1.42 bits per heavy atom. The van der Waals surface area contributed by atoms with E-state index >= 15 is 0 Å². The lowest BCUT2D eigenvalue weighted by atomic mass is 9.94. The van der Waals surface area contributed by atoms with Gasteiger partial charge in [-0.1, -0.05) is 0 Å². The standard InChI is InChI=1S/C17H25N5O2/c1-5-22-8-7-18-16(17(22)23)19-10-13-6-9-24-15(13)14-11(2)20-21(4)12(14)3/h7-8,13,15H,5-6,9-10H2,1-4H3,(H,18,19)/t13-,15+/m1/s1. The molecular weight excluding hydrogens is 306 g/mol. The van der Waals surface area contributed by atoms with Crippen molar-refractivity contribution in [2.45, 2.75) is 39.8 Å². The lowest BCUT2D eigenvalue weighted by molar-refractivity contribution is 0.0922. The quantitative estimate of drug-likeness (QED) is 0.904. The third-order valence-electron chi connectivity index (χ3n) is 4.85.